The smallest absolute Gasteiger partial charge is 0.0347 e. The number of hydrogen-bond donors (Lipinski definition) is 1. The number of nitrogens with one attached hydrogen (secondary N) is 1. The number of hydrogen-bond acceptors (Lipinski definition) is 2. The summed E-state index contributed by atoms with van der Waals surface area (Å²) < 4.78 is 0. The Morgan fingerprint density at radius 3 is 2.50 bits per heavy atom. The minimum atomic E-state index is 0.136. The van der Waals surface area contributed by atoms with Gasteiger partial charge in [-0.05, 0) is 50.6 Å². The summed E-state index contributed by atoms with van der Waals surface area (Å²) in [5, 5.41) is 3.53. The molecule has 88 valence electrons. The van der Waals surface area contributed by atoms with E-state index in [0.29, 0.717) is 0 Å². The van der Waals surface area contributed by atoms with E-state index in [9.17, 15) is 0 Å². The van der Waals surface area contributed by atoms with Gasteiger partial charge < -0.3 is 5.32 Å². The van der Waals surface area contributed by atoms with Crippen LogP contribution in [0.5, 0.6) is 0 Å². The van der Waals surface area contributed by atoms with E-state index in [2.05, 4.69) is 56.1 Å². The lowest BCUT2D eigenvalue weighted by atomic mass is 10.1. The Morgan fingerprint density at radius 2 is 1.88 bits per heavy atom. The van der Waals surface area contributed by atoms with E-state index in [1.165, 1.54) is 16.8 Å². The average molecular weight is 218 g/mol. The van der Waals surface area contributed by atoms with Crippen LogP contribution in [0.1, 0.15) is 38.8 Å². The fraction of sp³-hybridized carbons (Fsp3) is 0.571. The van der Waals surface area contributed by atoms with Crippen molar-refractivity contribution < 1.29 is 0 Å². The van der Waals surface area contributed by atoms with E-state index in [4.69, 9.17) is 0 Å². The van der Waals surface area contributed by atoms with Crippen molar-refractivity contribution in [3.05, 3.63) is 29.3 Å². The first-order chi connectivity index (χ1) is 7.48. The molecule has 1 aromatic rings. The third-order valence-corrected chi connectivity index (χ3v) is 2.96. The largest absolute Gasteiger partial charge is 0.380 e. The number of fused-ring (bicyclic) bond motifs is 1. The molecule has 0 atom stereocenters. The van der Waals surface area contributed by atoms with Crippen LogP contribution < -0.4 is 5.32 Å². The van der Waals surface area contributed by atoms with Crippen molar-refractivity contribution in [2.45, 2.75) is 46.3 Å². The lowest BCUT2D eigenvalue weighted by Gasteiger charge is -2.22. The Labute approximate surface area is 98.7 Å². The first-order valence-electron chi connectivity index (χ1n) is 6.10. The van der Waals surface area contributed by atoms with Crippen LogP contribution in [0.4, 0.5) is 5.69 Å². The normalized spacial score (nSPS) is 16.2. The molecule has 0 radical (unpaired) electrons. The van der Waals surface area contributed by atoms with E-state index in [0.717, 1.165) is 19.6 Å². The van der Waals surface area contributed by atoms with Gasteiger partial charge in [-0.3, -0.25) is 4.90 Å². The van der Waals surface area contributed by atoms with E-state index in [1.54, 1.807) is 0 Å². The molecular formula is C14H22N2. The summed E-state index contributed by atoms with van der Waals surface area (Å²) in [6, 6.07) is 6.76. The second-order valence-corrected chi connectivity index (χ2v) is 5.66. The van der Waals surface area contributed by atoms with E-state index < -0.39 is 0 Å². The Bertz CT molecular complexity index is 377. The van der Waals surface area contributed by atoms with Crippen LogP contribution in [0.25, 0.3) is 0 Å². The lowest BCUT2D eigenvalue weighted by molar-refractivity contribution is 0.301. The molecule has 0 saturated heterocycles. The van der Waals surface area contributed by atoms with Crippen molar-refractivity contribution in [2.24, 2.45) is 0 Å². The fourth-order valence-corrected chi connectivity index (χ4v) is 2.20. The van der Waals surface area contributed by atoms with Gasteiger partial charge >= 0.3 is 0 Å². The van der Waals surface area contributed by atoms with Crippen LogP contribution in [0.3, 0.4) is 0 Å². The molecule has 0 amide bonds. The maximum Gasteiger partial charge on any atom is 0.0347 e. The zero-order chi connectivity index (χ0) is 11.8. The van der Waals surface area contributed by atoms with Crippen molar-refractivity contribution in [3.8, 4) is 0 Å². The monoisotopic (exact) mass is 218 g/mol. The van der Waals surface area contributed by atoms with E-state index in [-0.39, 0.29) is 5.54 Å². The van der Waals surface area contributed by atoms with Crippen LogP contribution in [0.15, 0.2) is 18.2 Å². The summed E-state index contributed by atoms with van der Waals surface area (Å²) >= 11 is 0. The molecule has 1 aliphatic heterocycles. The van der Waals surface area contributed by atoms with E-state index >= 15 is 0 Å². The van der Waals surface area contributed by atoms with Gasteiger partial charge in [0, 0.05) is 24.3 Å². The molecule has 1 aliphatic rings. The molecule has 0 unspecified atom stereocenters. The highest BCUT2D eigenvalue weighted by molar-refractivity contribution is 5.51. The SMILES string of the molecule is CCN1Cc2ccc(NC(C)(C)C)cc2C1. The molecule has 0 aliphatic carbocycles. The highest BCUT2D eigenvalue weighted by Crippen LogP contribution is 2.26. The Morgan fingerprint density at radius 1 is 1.19 bits per heavy atom. The maximum atomic E-state index is 3.53. The Balaban J connectivity index is 2.16. The summed E-state index contributed by atoms with van der Waals surface area (Å²) in [5.41, 5.74) is 4.35. The molecule has 0 bridgehead atoms. The third kappa shape index (κ3) is 2.56. The summed E-state index contributed by atoms with van der Waals surface area (Å²) in [5.74, 6) is 0. The standard InChI is InChI=1S/C14H22N2/c1-5-16-9-11-6-7-13(8-12(11)10-16)15-14(2,3)4/h6-8,15H,5,9-10H2,1-4H3. The number of benzene rings is 1. The van der Waals surface area contributed by atoms with Crippen molar-refractivity contribution in [1.29, 1.82) is 0 Å². The quantitative estimate of drug-likeness (QED) is 0.820. The highest BCUT2D eigenvalue weighted by atomic mass is 15.1. The van der Waals surface area contributed by atoms with Crippen LogP contribution in [-0.2, 0) is 13.1 Å². The van der Waals surface area contributed by atoms with Crippen molar-refractivity contribution >= 4 is 5.69 Å². The maximum absolute atomic E-state index is 3.53. The second kappa shape index (κ2) is 4.10. The fourth-order valence-electron chi connectivity index (χ4n) is 2.20. The van der Waals surface area contributed by atoms with Crippen LogP contribution >= 0.6 is 0 Å². The van der Waals surface area contributed by atoms with Crippen LogP contribution in [0, 0.1) is 0 Å². The van der Waals surface area contributed by atoms with Gasteiger partial charge in [-0.25, -0.2) is 0 Å². The molecule has 0 spiro atoms. The molecular weight excluding hydrogens is 196 g/mol. The average Bonchev–Trinajstić information content (AvgIpc) is 2.57. The third-order valence-electron chi connectivity index (χ3n) is 2.96. The van der Waals surface area contributed by atoms with Crippen LogP contribution in [-0.4, -0.2) is 17.0 Å². The summed E-state index contributed by atoms with van der Waals surface area (Å²) in [6.45, 7) is 12.2. The number of nitrogens with zero attached hydrogens (tertiary/aromatic N) is 1. The minimum absolute atomic E-state index is 0.136. The summed E-state index contributed by atoms with van der Waals surface area (Å²) in [6.07, 6.45) is 0. The molecule has 2 rings (SSSR count). The summed E-state index contributed by atoms with van der Waals surface area (Å²) in [4.78, 5) is 2.46. The Kier molecular flexibility index (Phi) is 2.94. The molecule has 16 heavy (non-hydrogen) atoms. The van der Waals surface area contributed by atoms with Gasteiger partial charge in [-0.2, -0.15) is 0 Å². The topological polar surface area (TPSA) is 15.3 Å². The van der Waals surface area contributed by atoms with Gasteiger partial charge in [0.25, 0.3) is 0 Å². The second-order valence-electron chi connectivity index (χ2n) is 5.66. The highest BCUT2D eigenvalue weighted by Gasteiger charge is 2.18. The molecule has 0 fully saturated rings. The molecule has 1 heterocycles. The van der Waals surface area contributed by atoms with E-state index in [1.807, 2.05) is 0 Å². The number of rotatable bonds is 2. The molecule has 0 saturated carbocycles. The zero-order valence-corrected chi connectivity index (χ0v) is 10.8. The molecule has 1 aromatic carbocycles. The van der Waals surface area contributed by atoms with Gasteiger partial charge in [0.15, 0.2) is 0 Å². The van der Waals surface area contributed by atoms with Crippen molar-refractivity contribution in [2.75, 3.05) is 11.9 Å². The number of anilines is 1. The zero-order valence-electron chi connectivity index (χ0n) is 10.8. The molecule has 1 N–H and O–H groups in total. The van der Waals surface area contributed by atoms with Crippen LogP contribution in [0.2, 0.25) is 0 Å². The molecule has 2 heteroatoms. The van der Waals surface area contributed by atoms with Crippen molar-refractivity contribution in [1.82, 2.24) is 4.90 Å². The first-order valence-corrected chi connectivity index (χ1v) is 6.10. The Hall–Kier alpha value is -1.02. The van der Waals surface area contributed by atoms with Gasteiger partial charge in [-0.15, -0.1) is 0 Å². The van der Waals surface area contributed by atoms with Crippen molar-refractivity contribution in [3.63, 3.8) is 0 Å². The van der Waals surface area contributed by atoms with Gasteiger partial charge in [0.05, 0.1) is 0 Å². The van der Waals surface area contributed by atoms with Gasteiger partial charge in [0.1, 0.15) is 0 Å². The lowest BCUT2D eigenvalue weighted by Crippen LogP contribution is -2.26. The molecule has 0 aromatic heterocycles. The summed E-state index contributed by atoms with van der Waals surface area (Å²) in [7, 11) is 0. The first kappa shape index (κ1) is 11.5. The van der Waals surface area contributed by atoms with Gasteiger partial charge in [0.2, 0.25) is 0 Å². The minimum Gasteiger partial charge on any atom is -0.380 e. The predicted molar refractivity (Wildman–Crippen MR) is 69.6 cm³/mol. The predicted octanol–water partition coefficient (Wildman–Crippen LogP) is 3.23. The van der Waals surface area contributed by atoms with Gasteiger partial charge in [-0.1, -0.05) is 13.0 Å². The molecule has 2 nitrogen and oxygen atoms in total.